The lowest BCUT2D eigenvalue weighted by Crippen LogP contribution is -2.49. The van der Waals surface area contributed by atoms with Crippen LogP contribution in [-0.2, 0) is 16.1 Å². The van der Waals surface area contributed by atoms with Crippen LogP contribution in [-0.4, -0.2) is 42.6 Å². The SMILES string of the molecule is Cc1nc(CN(C)C(=O)C2(CN)CCOCC2)cs1. The van der Waals surface area contributed by atoms with Crippen LogP contribution in [0.2, 0.25) is 0 Å². The Labute approximate surface area is 117 Å². The molecule has 0 atom stereocenters. The molecule has 6 heteroatoms. The number of aryl methyl sites for hydroxylation is 1. The third-order valence-corrected chi connectivity index (χ3v) is 4.53. The molecule has 106 valence electrons. The zero-order valence-corrected chi connectivity index (χ0v) is 12.3. The molecule has 2 heterocycles. The molecule has 0 bridgehead atoms. The van der Waals surface area contributed by atoms with E-state index in [1.54, 1.807) is 16.2 Å². The van der Waals surface area contributed by atoms with E-state index >= 15 is 0 Å². The normalized spacial score (nSPS) is 18.3. The Morgan fingerprint density at radius 3 is 2.79 bits per heavy atom. The van der Waals surface area contributed by atoms with E-state index in [4.69, 9.17) is 10.5 Å². The average molecular weight is 283 g/mol. The van der Waals surface area contributed by atoms with Gasteiger partial charge in [-0.1, -0.05) is 0 Å². The summed E-state index contributed by atoms with van der Waals surface area (Å²) in [7, 11) is 1.82. The zero-order valence-electron chi connectivity index (χ0n) is 11.5. The predicted octanol–water partition coefficient (Wildman–Crippen LogP) is 1.17. The van der Waals surface area contributed by atoms with Crippen LogP contribution in [0.5, 0.6) is 0 Å². The van der Waals surface area contributed by atoms with Crippen molar-refractivity contribution >= 4 is 17.2 Å². The number of ether oxygens (including phenoxy) is 1. The van der Waals surface area contributed by atoms with Gasteiger partial charge in [-0.15, -0.1) is 11.3 Å². The minimum atomic E-state index is -0.446. The third kappa shape index (κ3) is 3.13. The van der Waals surface area contributed by atoms with Gasteiger partial charge in [0, 0.05) is 32.2 Å². The maximum absolute atomic E-state index is 12.6. The lowest BCUT2D eigenvalue weighted by atomic mass is 9.79. The Hall–Kier alpha value is -0.980. The zero-order chi connectivity index (χ0) is 13.9. The smallest absolute Gasteiger partial charge is 0.230 e. The van der Waals surface area contributed by atoms with Gasteiger partial charge in [-0.2, -0.15) is 0 Å². The molecule has 0 aromatic carbocycles. The third-order valence-electron chi connectivity index (χ3n) is 3.71. The summed E-state index contributed by atoms with van der Waals surface area (Å²) in [5.41, 5.74) is 6.35. The highest BCUT2D eigenvalue weighted by molar-refractivity contribution is 7.09. The van der Waals surface area contributed by atoms with Gasteiger partial charge in [-0.05, 0) is 19.8 Å². The van der Waals surface area contributed by atoms with Crippen molar-refractivity contribution in [3.8, 4) is 0 Å². The van der Waals surface area contributed by atoms with E-state index < -0.39 is 5.41 Å². The second-order valence-corrected chi connectivity index (χ2v) is 6.18. The summed E-state index contributed by atoms with van der Waals surface area (Å²) in [6.07, 6.45) is 1.42. The van der Waals surface area contributed by atoms with Gasteiger partial charge in [0.15, 0.2) is 0 Å². The van der Waals surface area contributed by atoms with E-state index in [0.717, 1.165) is 10.7 Å². The van der Waals surface area contributed by atoms with Gasteiger partial charge in [-0.3, -0.25) is 4.79 Å². The van der Waals surface area contributed by atoms with Gasteiger partial charge in [-0.25, -0.2) is 4.98 Å². The highest BCUT2D eigenvalue weighted by Crippen LogP contribution is 2.31. The van der Waals surface area contributed by atoms with Crippen LogP contribution in [0.4, 0.5) is 0 Å². The first-order chi connectivity index (χ1) is 9.07. The molecule has 1 saturated heterocycles. The van der Waals surface area contributed by atoms with Gasteiger partial charge >= 0.3 is 0 Å². The molecule has 1 amide bonds. The van der Waals surface area contributed by atoms with Gasteiger partial charge < -0.3 is 15.4 Å². The Morgan fingerprint density at radius 1 is 1.58 bits per heavy atom. The molecular formula is C13H21N3O2S. The fourth-order valence-corrected chi connectivity index (χ4v) is 3.07. The number of nitrogens with two attached hydrogens (primary N) is 1. The largest absolute Gasteiger partial charge is 0.381 e. The van der Waals surface area contributed by atoms with E-state index in [0.29, 0.717) is 39.1 Å². The van der Waals surface area contributed by atoms with Crippen LogP contribution < -0.4 is 5.73 Å². The molecule has 0 radical (unpaired) electrons. The van der Waals surface area contributed by atoms with Crippen molar-refractivity contribution < 1.29 is 9.53 Å². The first-order valence-corrected chi connectivity index (χ1v) is 7.40. The molecule has 0 spiro atoms. The summed E-state index contributed by atoms with van der Waals surface area (Å²) in [4.78, 5) is 18.8. The Bertz CT molecular complexity index is 441. The molecular weight excluding hydrogens is 262 g/mol. The Kier molecular flexibility index (Phi) is 4.54. The molecule has 2 rings (SSSR count). The molecule has 1 aromatic rings. The molecule has 1 aliphatic heterocycles. The predicted molar refractivity (Wildman–Crippen MR) is 74.9 cm³/mol. The minimum Gasteiger partial charge on any atom is -0.381 e. The standard InChI is InChI=1S/C13H21N3O2S/c1-10-15-11(8-19-10)7-16(2)12(17)13(9-14)3-5-18-6-4-13/h8H,3-7,9,14H2,1-2H3. The van der Waals surface area contributed by atoms with Crippen molar-refractivity contribution in [3.63, 3.8) is 0 Å². The lowest BCUT2D eigenvalue weighted by molar-refractivity contribution is -0.146. The summed E-state index contributed by atoms with van der Waals surface area (Å²) in [5.74, 6) is 0.115. The van der Waals surface area contributed by atoms with Crippen LogP contribution in [0.25, 0.3) is 0 Å². The molecule has 2 N–H and O–H groups in total. The number of aromatic nitrogens is 1. The van der Waals surface area contributed by atoms with Crippen LogP contribution in [0.15, 0.2) is 5.38 Å². The number of nitrogens with zero attached hydrogens (tertiary/aromatic N) is 2. The second-order valence-electron chi connectivity index (χ2n) is 5.12. The van der Waals surface area contributed by atoms with Crippen LogP contribution in [0, 0.1) is 12.3 Å². The maximum Gasteiger partial charge on any atom is 0.230 e. The Balaban J connectivity index is 2.04. The van der Waals surface area contributed by atoms with Gasteiger partial charge in [0.05, 0.1) is 22.7 Å². The number of thiazole rings is 1. The van der Waals surface area contributed by atoms with E-state index in [1.165, 1.54) is 0 Å². The first-order valence-electron chi connectivity index (χ1n) is 6.52. The monoisotopic (exact) mass is 283 g/mol. The quantitative estimate of drug-likeness (QED) is 0.900. The number of amides is 1. The van der Waals surface area contributed by atoms with Crippen molar-refractivity contribution in [2.45, 2.75) is 26.3 Å². The second kappa shape index (κ2) is 5.98. The summed E-state index contributed by atoms with van der Waals surface area (Å²) >= 11 is 1.60. The fourth-order valence-electron chi connectivity index (χ4n) is 2.47. The number of rotatable bonds is 4. The average Bonchev–Trinajstić information content (AvgIpc) is 2.84. The van der Waals surface area contributed by atoms with Crippen molar-refractivity contribution in [1.82, 2.24) is 9.88 Å². The minimum absolute atomic E-state index is 0.115. The van der Waals surface area contributed by atoms with Crippen LogP contribution in [0.3, 0.4) is 0 Å². The number of hydrogen-bond acceptors (Lipinski definition) is 5. The molecule has 1 aliphatic rings. The van der Waals surface area contributed by atoms with Gasteiger partial charge in [0.1, 0.15) is 0 Å². The number of hydrogen-bond donors (Lipinski definition) is 1. The summed E-state index contributed by atoms with van der Waals surface area (Å²) < 4.78 is 5.34. The maximum atomic E-state index is 12.6. The summed E-state index contributed by atoms with van der Waals surface area (Å²) in [6.45, 7) is 4.14. The molecule has 1 aromatic heterocycles. The van der Waals surface area contributed by atoms with Gasteiger partial charge in [0.2, 0.25) is 5.91 Å². The summed E-state index contributed by atoms with van der Waals surface area (Å²) in [5, 5.41) is 3.02. The van der Waals surface area contributed by atoms with E-state index in [1.807, 2.05) is 19.4 Å². The van der Waals surface area contributed by atoms with Crippen molar-refractivity contribution in [2.24, 2.45) is 11.1 Å². The highest BCUT2D eigenvalue weighted by atomic mass is 32.1. The van der Waals surface area contributed by atoms with E-state index in [-0.39, 0.29) is 5.91 Å². The molecule has 0 saturated carbocycles. The van der Waals surface area contributed by atoms with E-state index in [9.17, 15) is 4.79 Å². The van der Waals surface area contributed by atoms with Crippen molar-refractivity contribution in [3.05, 3.63) is 16.1 Å². The van der Waals surface area contributed by atoms with Crippen molar-refractivity contribution in [1.29, 1.82) is 0 Å². The summed E-state index contributed by atoms with van der Waals surface area (Å²) in [6, 6.07) is 0. The molecule has 0 aliphatic carbocycles. The van der Waals surface area contributed by atoms with E-state index in [2.05, 4.69) is 4.98 Å². The topological polar surface area (TPSA) is 68.5 Å². The molecule has 1 fully saturated rings. The van der Waals surface area contributed by atoms with Gasteiger partial charge in [0.25, 0.3) is 0 Å². The first kappa shape index (κ1) is 14.4. The fraction of sp³-hybridized carbons (Fsp3) is 0.692. The Morgan fingerprint density at radius 2 is 2.26 bits per heavy atom. The van der Waals surface area contributed by atoms with Crippen LogP contribution >= 0.6 is 11.3 Å². The lowest BCUT2D eigenvalue weighted by Gasteiger charge is -2.37. The molecule has 5 nitrogen and oxygen atoms in total. The van der Waals surface area contributed by atoms with Crippen molar-refractivity contribution in [2.75, 3.05) is 26.8 Å². The highest BCUT2D eigenvalue weighted by Gasteiger charge is 2.40. The van der Waals surface area contributed by atoms with Crippen LogP contribution in [0.1, 0.15) is 23.5 Å². The molecule has 19 heavy (non-hydrogen) atoms. The molecule has 0 unspecified atom stereocenters. The number of carbonyl (C=O) groups is 1. The number of carbonyl (C=O) groups excluding carboxylic acids is 1.